The molecule has 0 saturated carbocycles. The Kier molecular flexibility index (Phi) is 8.42. The van der Waals surface area contributed by atoms with Gasteiger partial charge in [0.15, 0.2) is 11.6 Å². The molecule has 222 valence electrons. The Labute approximate surface area is 260 Å². The minimum atomic E-state index is -0.778. The average Bonchev–Trinajstić information content (AvgIpc) is 3.08. The molecular formula is C38H30N2O5. The smallest absolute Gasteiger partial charge is 0.341 e. The summed E-state index contributed by atoms with van der Waals surface area (Å²) in [6.45, 7) is 2.12. The quantitative estimate of drug-likeness (QED) is 0.129. The molecule has 5 aromatic carbocycles. The number of aromatic hydroxyl groups is 1. The lowest BCUT2D eigenvalue weighted by molar-refractivity contribution is -0.122. The van der Waals surface area contributed by atoms with Gasteiger partial charge in [0.1, 0.15) is 12.1 Å². The molecule has 1 aliphatic carbocycles. The zero-order chi connectivity index (χ0) is 31.3. The standard InChI is InChI=1S/C31H22O3.C7H8N2O2/c32-27-18-25-22(21-13-7-8-14-23(21)27)15-16-24-28(20-11-5-2-6-12-20)30(33)26(31(34)29(24)25)17-19-9-3-1-4-10-19;1-2-11-7(10)6-3-8-5-9-4-6/h1-16,18,26,28,32H,17H2;3-5H,2H2,1H3. The molecule has 1 aliphatic rings. The summed E-state index contributed by atoms with van der Waals surface area (Å²) >= 11 is 0. The first-order valence-electron chi connectivity index (χ1n) is 14.7. The van der Waals surface area contributed by atoms with E-state index in [2.05, 4.69) is 9.97 Å². The zero-order valence-corrected chi connectivity index (χ0v) is 24.6. The van der Waals surface area contributed by atoms with Crippen molar-refractivity contribution in [2.45, 2.75) is 19.3 Å². The van der Waals surface area contributed by atoms with Crippen LogP contribution in [0.15, 0.2) is 122 Å². The van der Waals surface area contributed by atoms with Gasteiger partial charge in [0.25, 0.3) is 0 Å². The number of carbonyl (C=O) groups excluding carboxylic acids is 3. The fourth-order valence-corrected chi connectivity index (χ4v) is 6.00. The van der Waals surface area contributed by atoms with Crippen LogP contribution in [0, 0.1) is 5.92 Å². The largest absolute Gasteiger partial charge is 0.507 e. The van der Waals surface area contributed by atoms with Gasteiger partial charge in [-0.2, -0.15) is 0 Å². The highest BCUT2D eigenvalue weighted by Gasteiger charge is 2.42. The minimum absolute atomic E-state index is 0.0723. The predicted octanol–water partition coefficient (Wildman–Crippen LogP) is 7.11. The number of phenolic OH excluding ortho intramolecular Hbond substituents is 1. The van der Waals surface area contributed by atoms with E-state index in [0.29, 0.717) is 35.1 Å². The van der Waals surface area contributed by atoms with E-state index in [4.69, 9.17) is 4.74 Å². The maximum absolute atomic E-state index is 14.0. The SMILES string of the molecule is CCOC(=O)c1cncnc1.O=C1c2c(ccc3c2cc(O)c2ccccc23)C(c2ccccc2)C(=O)C1Cc1ccccc1. The molecule has 7 heteroatoms. The van der Waals surface area contributed by atoms with Crippen molar-refractivity contribution in [1.82, 2.24) is 9.97 Å². The number of hydrogen-bond donors (Lipinski definition) is 1. The molecule has 0 saturated heterocycles. The highest BCUT2D eigenvalue weighted by atomic mass is 16.5. The third-order valence-electron chi connectivity index (χ3n) is 8.04. The Morgan fingerprint density at radius 3 is 2.09 bits per heavy atom. The molecule has 0 fully saturated rings. The number of ether oxygens (including phenoxy) is 1. The highest BCUT2D eigenvalue weighted by Crippen LogP contribution is 2.43. The molecule has 6 aromatic rings. The van der Waals surface area contributed by atoms with Crippen LogP contribution in [-0.2, 0) is 16.0 Å². The van der Waals surface area contributed by atoms with Crippen molar-refractivity contribution in [3.63, 3.8) is 0 Å². The number of benzene rings is 5. The van der Waals surface area contributed by atoms with Crippen LogP contribution in [0.2, 0.25) is 0 Å². The predicted molar refractivity (Wildman–Crippen MR) is 172 cm³/mol. The number of phenols is 1. The number of rotatable bonds is 5. The normalized spacial score (nSPS) is 15.7. The fraction of sp³-hybridized carbons (Fsp3) is 0.132. The van der Waals surface area contributed by atoms with Gasteiger partial charge in [0, 0.05) is 23.3 Å². The molecule has 0 aliphatic heterocycles. The maximum Gasteiger partial charge on any atom is 0.341 e. The van der Waals surface area contributed by atoms with E-state index in [1.807, 2.05) is 97.1 Å². The number of carbonyl (C=O) groups is 3. The van der Waals surface area contributed by atoms with Crippen LogP contribution in [0.4, 0.5) is 0 Å². The summed E-state index contributed by atoms with van der Waals surface area (Å²) in [5, 5.41) is 14.1. The van der Waals surface area contributed by atoms with Gasteiger partial charge in [-0.05, 0) is 52.3 Å². The van der Waals surface area contributed by atoms with E-state index < -0.39 is 11.8 Å². The third kappa shape index (κ3) is 5.80. The fourth-order valence-electron chi connectivity index (χ4n) is 6.00. The van der Waals surface area contributed by atoms with Crippen molar-refractivity contribution in [2.24, 2.45) is 5.92 Å². The number of aromatic nitrogens is 2. The van der Waals surface area contributed by atoms with Gasteiger partial charge < -0.3 is 9.84 Å². The van der Waals surface area contributed by atoms with Crippen LogP contribution in [0.5, 0.6) is 5.75 Å². The van der Waals surface area contributed by atoms with Gasteiger partial charge in [-0.15, -0.1) is 0 Å². The number of nitrogens with zero attached hydrogens (tertiary/aromatic N) is 2. The third-order valence-corrected chi connectivity index (χ3v) is 8.04. The van der Waals surface area contributed by atoms with Crippen molar-refractivity contribution in [2.75, 3.05) is 6.61 Å². The second kappa shape index (κ2) is 12.9. The van der Waals surface area contributed by atoms with Gasteiger partial charge in [-0.3, -0.25) is 9.59 Å². The van der Waals surface area contributed by atoms with Crippen LogP contribution in [0.25, 0.3) is 21.5 Å². The highest BCUT2D eigenvalue weighted by molar-refractivity contribution is 6.25. The molecule has 45 heavy (non-hydrogen) atoms. The molecule has 1 N–H and O–H groups in total. The summed E-state index contributed by atoms with van der Waals surface area (Å²) in [6.07, 6.45) is 4.57. The van der Waals surface area contributed by atoms with E-state index in [1.54, 1.807) is 13.0 Å². The molecular weight excluding hydrogens is 564 g/mol. The summed E-state index contributed by atoms with van der Waals surface area (Å²) < 4.78 is 4.71. The van der Waals surface area contributed by atoms with Gasteiger partial charge in [-0.1, -0.05) is 97.1 Å². The van der Waals surface area contributed by atoms with Gasteiger partial charge in [0.2, 0.25) is 0 Å². The molecule has 1 aromatic heterocycles. The van der Waals surface area contributed by atoms with Crippen molar-refractivity contribution in [3.05, 3.63) is 150 Å². The van der Waals surface area contributed by atoms with E-state index in [0.717, 1.165) is 27.3 Å². The summed E-state index contributed by atoms with van der Waals surface area (Å²) in [7, 11) is 0. The number of ketones is 2. The first kappa shape index (κ1) is 29.4. The average molecular weight is 595 g/mol. The number of Topliss-reactive ketones (excluding diaryl/α,β-unsaturated/α-hetero) is 2. The molecule has 2 atom stereocenters. The van der Waals surface area contributed by atoms with E-state index in [9.17, 15) is 19.5 Å². The monoisotopic (exact) mass is 594 g/mol. The van der Waals surface area contributed by atoms with E-state index in [1.165, 1.54) is 18.7 Å². The van der Waals surface area contributed by atoms with Crippen LogP contribution in [0.1, 0.15) is 50.2 Å². The Balaban J connectivity index is 0.000000276. The lowest BCUT2D eigenvalue weighted by Crippen LogP contribution is -2.37. The maximum atomic E-state index is 14.0. The molecule has 2 unspecified atom stereocenters. The molecule has 0 spiro atoms. The Bertz CT molecular complexity index is 2010. The molecule has 7 rings (SSSR count). The van der Waals surface area contributed by atoms with Crippen molar-refractivity contribution in [1.29, 1.82) is 0 Å². The van der Waals surface area contributed by atoms with Gasteiger partial charge in [-0.25, -0.2) is 14.8 Å². The van der Waals surface area contributed by atoms with Crippen molar-refractivity contribution in [3.8, 4) is 5.75 Å². The Morgan fingerprint density at radius 1 is 0.778 bits per heavy atom. The van der Waals surface area contributed by atoms with E-state index >= 15 is 0 Å². The zero-order valence-electron chi connectivity index (χ0n) is 24.6. The molecule has 0 amide bonds. The van der Waals surface area contributed by atoms with Crippen LogP contribution in [-0.4, -0.2) is 39.2 Å². The van der Waals surface area contributed by atoms with Crippen molar-refractivity contribution < 1.29 is 24.2 Å². The van der Waals surface area contributed by atoms with Crippen molar-refractivity contribution >= 4 is 39.1 Å². The summed E-state index contributed by atoms with van der Waals surface area (Å²) in [5.41, 5.74) is 3.48. The first-order valence-corrected chi connectivity index (χ1v) is 14.7. The van der Waals surface area contributed by atoms with Crippen LogP contribution < -0.4 is 0 Å². The minimum Gasteiger partial charge on any atom is -0.507 e. The number of fused-ring (bicyclic) bond motifs is 5. The topological polar surface area (TPSA) is 106 Å². The summed E-state index contributed by atoms with van der Waals surface area (Å²) in [5.74, 6) is -1.79. The lowest BCUT2D eigenvalue weighted by Gasteiger charge is -2.31. The first-order chi connectivity index (χ1) is 22.0. The number of esters is 1. The van der Waals surface area contributed by atoms with Crippen LogP contribution >= 0.6 is 0 Å². The molecule has 1 heterocycles. The van der Waals surface area contributed by atoms with Crippen LogP contribution in [0.3, 0.4) is 0 Å². The summed E-state index contributed by atoms with van der Waals surface area (Å²) in [4.78, 5) is 46.1. The number of hydrogen-bond acceptors (Lipinski definition) is 7. The van der Waals surface area contributed by atoms with Gasteiger partial charge in [0.05, 0.1) is 24.0 Å². The summed E-state index contributed by atoms with van der Waals surface area (Å²) in [6, 6.07) is 32.6. The molecule has 0 bridgehead atoms. The van der Waals surface area contributed by atoms with E-state index in [-0.39, 0.29) is 23.3 Å². The Morgan fingerprint density at radius 2 is 1.40 bits per heavy atom. The Hall–Kier alpha value is -5.69. The molecule has 0 radical (unpaired) electrons. The van der Waals surface area contributed by atoms with Gasteiger partial charge >= 0.3 is 5.97 Å². The lowest BCUT2D eigenvalue weighted by atomic mass is 9.69. The second-order valence-corrected chi connectivity index (χ2v) is 10.8. The molecule has 7 nitrogen and oxygen atoms in total. The second-order valence-electron chi connectivity index (χ2n) is 10.8.